The van der Waals surface area contributed by atoms with Gasteiger partial charge in [0.05, 0.1) is 5.69 Å². The summed E-state index contributed by atoms with van der Waals surface area (Å²) in [6.45, 7) is 6.96. The predicted octanol–water partition coefficient (Wildman–Crippen LogP) is 3.85. The molecule has 3 aromatic rings. The van der Waals surface area contributed by atoms with Gasteiger partial charge in [-0.1, -0.05) is 55.4 Å². The molecule has 4 rings (SSSR count). The molecule has 1 aliphatic heterocycles. The third-order valence-corrected chi connectivity index (χ3v) is 5.71. The largest absolute Gasteiger partial charge is 0.506 e. The van der Waals surface area contributed by atoms with Crippen LogP contribution >= 0.6 is 0 Å². The van der Waals surface area contributed by atoms with Crippen molar-refractivity contribution in [2.75, 3.05) is 31.1 Å². The summed E-state index contributed by atoms with van der Waals surface area (Å²) in [4.78, 5) is 21.0. The van der Waals surface area contributed by atoms with Crippen molar-refractivity contribution >= 4 is 11.6 Å². The number of nitrogens with zero attached hydrogens (tertiary/aromatic N) is 4. The van der Waals surface area contributed by atoms with Crippen LogP contribution in [-0.4, -0.2) is 52.2 Å². The van der Waals surface area contributed by atoms with Gasteiger partial charge in [0, 0.05) is 44.6 Å². The van der Waals surface area contributed by atoms with E-state index in [-0.39, 0.29) is 11.7 Å². The fourth-order valence-electron chi connectivity index (χ4n) is 3.79. The summed E-state index contributed by atoms with van der Waals surface area (Å²) in [5.41, 5.74) is 2.99. The van der Waals surface area contributed by atoms with Crippen molar-refractivity contribution in [3.8, 4) is 17.1 Å². The number of phenolic OH excluding ortho intramolecular Hbond substituents is 1. The number of hydrogen-bond acceptors (Lipinski definition) is 6. The zero-order valence-electron chi connectivity index (χ0n) is 18.0. The Morgan fingerprint density at radius 3 is 2.45 bits per heavy atom. The Balaban J connectivity index is 1.28. The van der Waals surface area contributed by atoms with Crippen LogP contribution in [0.4, 0.5) is 5.69 Å². The van der Waals surface area contributed by atoms with Crippen LogP contribution < -0.4 is 4.90 Å². The predicted molar refractivity (Wildman–Crippen MR) is 119 cm³/mol. The smallest absolute Gasteiger partial charge is 0.227 e. The average Bonchev–Trinajstić information content (AvgIpc) is 3.27. The molecule has 162 valence electrons. The van der Waals surface area contributed by atoms with E-state index in [1.165, 1.54) is 5.56 Å². The van der Waals surface area contributed by atoms with Crippen molar-refractivity contribution in [1.29, 1.82) is 0 Å². The van der Waals surface area contributed by atoms with E-state index in [1.54, 1.807) is 6.07 Å². The molecule has 2 aromatic carbocycles. The van der Waals surface area contributed by atoms with Gasteiger partial charge >= 0.3 is 0 Å². The second-order valence-corrected chi connectivity index (χ2v) is 8.14. The minimum atomic E-state index is 0.0815. The lowest BCUT2D eigenvalue weighted by molar-refractivity contribution is -0.131. The molecule has 2 heterocycles. The number of carbonyl (C=O) groups excluding carboxylic acids is 1. The third-order valence-electron chi connectivity index (χ3n) is 5.71. The number of amides is 1. The van der Waals surface area contributed by atoms with E-state index in [9.17, 15) is 9.90 Å². The van der Waals surface area contributed by atoms with E-state index >= 15 is 0 Å². The van der Waals surface area contributed by atoms with Crippen LogP contribution in [0.2, 0.25) is 0 Å². The molecule has 1 aliphatic rings. The molecule has 1 fully saturated rings. The van der Waals surface area contributed by atoms with Crippen LogP contribution in [0.1, 0.15) is 37.6 Å². The van der Waals surface area contributed by atoms with Gasteiger partial charge in [-0.25, -0.2) is 0 Å². The normalized spacial score (nSPS) is 14.3. The van der Waals surface area contributed by atoms with Gasteiger partial charge in [0.2, 0.25) is 17.6 Å². The molecule has 1 amide bonds. The van der Waals surface area contributed by atoms with Gasteiger partial charge in [0.15, 0.2) is 0 Å². The van der Waals surface area contributed by atoms with Crippen LogP contribution in [0, 0.1) is 0 Å². The second-order valence-electron chi connectivity index (χ2n) is 8.14. The van der Waals surface area contributed by atoms with E-state index in [2.05, 4.69) is 41.0 Å². The summed E-state index contributed by atoms with van der Waals surface area (Å²) in [7, 11) is 0. The Kier molecular flexibility index (Phi) is 6.21. The number of piperazine rings is 1. The number of anilines is 1. The number of phenols is 1. The molecule has 0 spiro atoms. The monoisotopic (exact) mass is 420 g/mol. The maximum absolute atomic E-state index is 12.6. The van der Waals surface area contributed by atoms with Gasteiger partial charge in [-0.2, -0.15) is 4.98 Å². The minimum Gasteiger partial charge on any atom is -0.506 e. The summed E-state index contributed by atoms with van der Waals surface area (Å²) in [5, 5.41) is 14.1. The Labute approximate surface area is 182 Å². The van der Waals surface area contributed by atoms with Crippen molar-refractivity contribution < 1.29 is 14.4 Å². The van der Waals surface area contributed by atoms with Gasteiger partial charge in [-0.15, -0.1) is 0 Å². The molecule has 0 bridgehead atoms. The van der Waals surface area contributed by atoms with E-state index in [0.717, 1.165) is 11.3 Å². The Morgan fingerprint density at radius 2 is 1.77 bits per heavy atom. The quantitative estimate of drug-likeness (QED) is 0.652. The molecular weight excluding hydrogens is 392 g/mol. The number of aromatic hydroxyl groups is 1. The SMILES string of the molecule is CC(C)c1ccc(-c2noc(CCC(=O)N3CCN(c4ccccc4O)CC3)n2)cc1. The number of benzene rings is 2. The van der Waals surface area contributed by atoms with Crippen molar-refractivity contribution in [1.82, 2.24) is 15.0 Å². The Morgan fingerprint density at radius 1 is 1.06 bits per heavy atom. The Hall–Kier alpha value is -3.35. The lowest BCUT2D eigenvalue weighted by atomic mass is 10.0. The highest BCUT2D eigenvalue weighted by molar-refractivity contribution is 5.76. The lowest BCUT2D eigenvalue weighted by Crippen LogP contribution is -2.48. The molecule has 0 atom stereocenters. The molecule has 0 saturated carbocycles. The summed E-state index contributed by atoms with van der Waals surface area (Å²) in [5.74, 6) is 1.85. The van der Waals surface area contributed by atoms with E-state index in [0.29, 0.717) is 56.7 Å². The standard InChI is InChI=1S/C24H28N4O3/c1-17(2)18-7-9-19(10-8-18)24-25-22(31-26-24)11-12-23(30)28-15-13-27(14-16-28)20-5-3-4-6-21(20)29/h3-10,17,29H,11-16H2,1-2H3. The van der Waals surface area contributed by atoms with Crippen molar-refractivity contribution in [2.24, 2.45) is 0 Å². The van der Waals surface area contributed by atoms with Crippen molar-refractivity contribution in [2.45, 2.75) is 32.6 Å². The van der Waals surface area contributed by atoms with E-state index in [4.69, 9.17) is 4.52 Å². The Bertz CT molecular complexity index is 1020. The average molecular weight is 421 g/mol. The molecule has 7 nitrogen and oxygen atoms in total. The number of carbonyl (C=O) groups is 1. The first-order valence-electron chi connectivity index (χ1n) is 10.7. The number of rotatable bonds is 6. The lowest BCUT2D eigenvalue weighted by Gasteiger charge is -2.36. The topological polar surface area (TPSA) is 82.7 Å². The summed E-state index contributed by atoms with van der Waals surface area (Å²) < 4.78 is 5.35. The number of aromatic nitrogens is 2. The molecule has 31 heavy (non-hydrogen) atoms. The zero-order valence-corrected chi connectivity index (χ0v) is 18.0. The number of aryl methyl sites for hydroxylation is 1. The van der Waals surface area contributed by atoms with Crippen molar-refractivity contribution in [3.05, 3.63) is 60.0 Å². The minimum absolute atomic E-state index is 0.0815. The maximum Gasteiger partial charge on any atom is 0.227 e. The van der Waals surface area contributed by atoms with Gasteiger partial charge in [-0.05, 0) is 23.6 Å². The van der Waals surface area contributed by atoms with Gasteiger partial charge < -0.3 is 19.4 Å². The molecule has 0 radical (unpaired) electrons. The second kappa shape index (κ2) is 9.20. The first-order valence-corrected chi connectivity index (χ1v) is 10.7. The molecule has 0 unspecified atom stereocenters. The fraction of sp³-hybridized carbons (Fsp3) is 0.375. The highest BCUT2D eigenvalue weighted by Gasteiger charge is 2.23. The van der Waals surface area contributed by atoms with Gasteiger partial charge in [-0.3, -0.25) is 4.79 Å². The fourth-order valence-corrected chi connectivity index (χ4v) is 3.79. The zero-order chi connectivity index (χ0) is 21.8. The molecule has 1 aromatic heterocycles. The molecule has 1 saturated heterocycles. The van der Waals surface area contributed by atoms with Gasteiger partial charge in [0.25, 0.3) is 0 Å². The van der Waals surface area contributed by atoms with Crippen LogP contribution in [0.5, 0.6) is 5.75 Å². The molecule has 1 N–H and O–H groups in total. The maximum atomic E-state index is 12.6. The van der Waals surface area contributed by atoms with Crippen molar-refractivity contribution in [3.63, 3.8) is 0 Å². The molecule has 7 heteroatoms. The van der Waals surface area contributed by atoms with E-state index < -0.39 is 0 Å². The van der Waals surface area contributed by atoms with Crippen LogP contribution in [0.25, 0.3) is 11.4 Å². The summed E-state index contributed by atoms with van der Waals surface area (Å²) in [6, 6.07) is 15.5. The van der Waals surface area contributed by atoms with Crippen LogP contribution in [0.3, 0.4) is 0 Å². The van der Waals surface area contributed by atoms with Crippen LogP contribution in [-0.2, 0) is 11.2 Å². The highest BCUT2D eigenvalue weighted by Crippen LogP contribution is 2.27. The first-order chi connectivity index (χ1) is 15.0. The number of para-hydroxylation sites is 2. The molecule has 0 aliphatic carbocycles. The van der Waals surface area contributed by atoms with Crippen LogP contribution in [0.15, 0.2) is 53.1 Å². The number of hydrogen-bond donors (Lipinski definition) is 1. The summed E-state index contributed by atoms with van der Waals surface area (Å²) >= 11 is 0. The van der Waals surface area contributed by atoms with E-state index in [1.807, 2.05) is 35.2 Å². The molecular formula is C24H28N4O3. The summed E-state index contributed by atoms with van der Waals surface area (Å²) in [6.07, 6.45) is 0.764. The first kappa shape index (κ1) is 20.9. The third kappa shape index (κ3) is 4.87. The van der Waals surface area contributed by atoms with Gasteiger partial charge in [0.1, 0.15) is 5.75 Å². The highest BCUT2D eigenvalue weighted by atomic mass is 16.5.